The maximum absolute atomic E-state index is 13.1. The lowest BCUT2D eigenvalue weighted by atomic mass is 10.1. The number of carbonyl (C=O) groups is 1. The summed E-state index contributed by atoms with van der Waals surface area (Å²) in [5, 5.41) is 3.78. The van der Waals surface area contributed by atoms with Gasteiger partial charge in [-0.15, -0.1) is 0 Å². The Kier molecular flexibility index (Phi) is 3.43. The molecule has 0 aliphatic carbocycles. The molecule has 20 heavy (non-hydrogen) atoms. The van der Waals surface area contributed by atoms with Gasteiger partial charge >= 0.3 is 0 Å². The first-order chi connectivity index (χ1) is 9.65. The topological polar surface area (TPSA) is 44.9 Å². The lowest BCUT2D eigenvalue weighted by molar-refractivity contribution is 0.102. The number of rotatable bonds is 2. The molecule has 100 valence electrons. The minimum atomic E-state index is -0.320. The van der Waals surface area contributed by atoms with E-state index in [-0.39, 0.29) is 11.7 Å². The highest BCUT2D eigenvalue weighted by Crippen LogP contribution is 2.22. The Morgan fingerprint density at radius 1 is 1.20 bits per heavy atom. The van der Waals surface area contributed by atoms with Crippen LogP contribution in [0, 0.1) is 9.39 Å². The molecule has 3 nitrogen and oxygen atoms in total. The standard InChI is InChI=1S/C15H10FIN2O/c16-10-4-5-13(12(17)8-10)19-15(20)11-3-1-2-9-6-7-18-14(9)11/h1-8,18H,(H,19,20). The van der Waals surface area contributed by atoms with Crippen LogP contribution >= 0.6 is 22.6 Å². The van der Waals surface area contributed by atoms with E-state index in [2.05, 4.69) is 10.3 Å². The van der Waals surface area contributed by atoms with Crippen LogP contribution in [-0.4, -0.2) is 10.9 Å². The number of anilines is 1. The van der Waals surface area contributed by atoms with Crippen LogP contribution in [0.15, 0.2) is 48.7 Å². The molecule has 0 atom stereocenters. The maximum atomic E-state index is 13.1. The van der Waals surface area contributed by atoms with E-state index in [9.17, 15) is 9.18 Å². The zero-order valence-electron chi connectivity index (χ0n) is 10.3. The number of hydrogen-bond acceptors (Lipinski definition) is 1. The first-order valence-electron chi connectivity index (χ1n) is 5.97. The fourth-order valence-electron chi connectivity index (χ4n) is 2.05. The normalized spacial score (nSPS) is 10.7. The second-order valence-corrected chi connectivity index (χ2v) is 5.49. The predicted octanol–water partition coefficient (Wildman–Crippen LogP) is 4.16. The third-order valence-corrected chi connectivity index (χ3v) is 3.90. The minimum absolute atomic E-state index is 0.220. The van der Waals surface area contributed by atoms with Gasteiger partial charge in [-0.25, -0.2) is 4.39 Å². The van der Waals surface area contributed by atoms with Gasteiger partial charge in [0.1, 0.15) is 5.82 Å². The second kappa shape index (κ2) is 5.24. The highest BCUT2D eigenvalue weighted by molar-refractivity contribution is 14.1. The number of halogens is 2. The number of para-hydroxylation sites is 1. The number of nitrogens with one attached hydrogen (secondary N) is 2. The van der Waals surface area contributed by atoms with Crippen molar-refractivity contribution < 1.29 is 9.18 Å². The van der Waals surface area contributed by atoms with Crippen molar-refractivity contribution in [1.29, 1.82) is 0 Å². The van der Waals surface area contributed by atoms with Crippen molar-refractivity contribution in [3.05, 3.63) is 63.6 Å². The molecule has 3 rings (SSSR count). The highest BCUT2D eigenvalue weighted by Gasteiger charge is 2.12. The molecule has 0 bridgehead atoms. The van der Waals surface area contributed by atoms with Crippen molar-refractivity contribution in [3.8, 4) is 0 Å². The first-order valence-corrected chi connectivity index (χ1v) is 7.05. The number of hydrogen-bond donors (Lipinski definition) is 2. The van der Waals surface area contributed by atoms with Gasteiger partial charge in [-0.2, -0.15) is 0 Å². The van der Waals surface area contributed by atoms with Crippen LogP contribution in [0.3, 0.4) is 0 Å². The summed E-state index contributed by atoms with van der Waals surface area (Å²) in [6.07, 6.45) is 1.79. The van der Waals surface area contributed by atoms with Gasteiger partial charge in [-0.1, -0.05) is 12.1 Å². The smallest absolute Gasteiger partial charge is 0.257 e. The van der Waals surface area contributed by atoms with E-state index in [1.54, 1.807) is 18.3 Å². The van der Waals surface area contributed by atoms with Crippen LogP contribution in [0.4, 0.5) is 10.1 Å². The van der Waals surface area contributed by atoms with Crippen LogP contribution in [0.2, 0.25) is 0 Å². The third kappa shape index (κ3) is 2.40. The van der Waals surface area contributed by atoms with Crippen molar-refractivity contribution in [1.82, 2.24) is 4.98 Å². The number of fused-ring (bicyclic) bond motifs is 1. The van der Waals surface area contributed by atoms with Gasteiger partial charge in [0.05, 0.1) is 16.8 Å². The fourth-order valence-corrected chi connectivity index (χ4v) is 2.67. The lowest BCUT2D eigenvalue weighted by Crippen LogP contribution is -2.13. The Bertz CT molecular complexity index is 797. The van der Waals surface area contributed by atoms with Crippen LogP contribution in [0.1, 0.15) is 10.4 Å². The highest BCUT2D eigenvalue weighted by atomic mass is 127. The zero-order chi connectivity index (χ0) is 14.1. The summed E-state index contributed by atoms with van der Waals surface area (Å²) in [4.78, 5) is 15.4. The van der Waals surface area contributed by atoms with E-state index in [1.165, 1.54) is 12.1 Å². The van der Waals surface area contributed by atoms with E-state index >= 15 is 0 Å². The predicted molar refractivity (Wildman–Crippen MR) is 85.4 cm³/mol. The average Bonchev–Trinajstić information content (AvgIpc) is 2.90. The molecule has 1 amide bonds. The minimum Gasteiger partial charge on any atom is -0.361 e. The van der Waals surface area contributed by atoms with Gasteiger partial charge in [0.25, 0.3) is 5.91 Å². The van der Waals surface area contributed by atoms with Crippen molar-refractivity contribution in [2.24, 2.45) is 0 Å². The molecule has 0 aliphatic rings. The van der Waals surface area contributed by atoms with E-state index in [0.717, 1.165) is 10.9 Å². The molecule has 1 heterocycles. The number of amides is 1. The number of aromatic nitrogens is 1. The monoisotopic (exact) mass is 380 g/mol. The summed E-state index contributed by atoms with van der Waals surface area (Å²) in [7, 11) is 0. The molecule has 2 N–H and O–H groups in total. The van der Waals surface area contributed by atoms with Crippen LogP contribution in [-0.2, 0) is 0 Å². The van der Waals surface area contributed by atoms with Gasteiger partial charge in [0, 0.05) is 15.2 Å². The Morgan fingerprint density at radius 3 is 2.85 bits per heavy atom. The molecule has 5 heteroatoms. The fraction of sp³-hybridized carbons (Fsp3) is 0. The van der Waals surface area contributed by atoms with Crippen LogP contribution < -0.4 is 5.32 Å². The van der Waals surface area contributed by atoms with E-state index in [1.807, 2.05) is 40.8 Å². The van der Waals surface area contributed by atoms with Gasteiger partial charge in [-0.3, -0.25) is 4.79 Å². The number of aromatic amines is 1. The summed E-state index contributed by atoms with van der Waals surface area (Å²) >= 11 is 1.99. The van der Waals surface area contributed by atoms with Crippen molar-refractivity contribution >= 4 is 45.1 Å². The quantitative estimate of drug-likeness (QED) is 0.645. The second-order valence-electron chi connectivity index (χ2n) is 4.33. The first kappa shape index (κ1) is 13.1. The zero-order valence-corrected chi connectivity index (χ0v) is 12.4. The molecule has 0 unspecified atom stereocenters. The molecule has 0 spiro atoms. The Labute approximate surface area is 128 Å². The van der Waals surface area contributed by atoms with Crippen molar-refractivity contribution in [2.45, 2.75) is 0 Å². The third-order valence-electron chi connectivity index (χ3n) is 3.01. The lowest BCUT2D eigenvalue weighted by Gasteiger charge is -2.08. The molecule has 2 aromatic carbocycles. The average molecular weight is 380 g/mol. The van der Waals surface area contributed by atoms with Crippen molar-refractivity contribution in [3.63, 3.8) is 0 Å². The molecule has 0 saturated carbocycles. The summed E-state index contributed by atoms with van der Waals surface area (Å²) in [5.74, 6) is -0.540. The molecular formula is C15H10FIN2O. The summed E-state index contributed by atoms with van der Waals surface area (Å²) in [5.41, 5.74) is 1.95. The molecule has 0 radical (unpaired) electrons. The molecular weight excluding hydrogens is 370 g/mol. The summed E-state index contributed by atoms with van der Waals surface area (Å²) < 4.78 is 13.7. The number of benzene rings is 2. The van der Waals surface area contributed by atoms with Gasteiger partial charge < -0.3 is 10.3 Å². The molecule has 0 fully saturated rings. The number of H-pyrrole nitrogens is 1. The van der Waals surface area contributed by atoms with Crippen LogP contribution in [0.25, 0.3) is 10.9 Å². The summed E-state index contributed by atoms with van der Waals surface area (Å²) in [6, 6.07) is 11.7. The maximum Gasteiger partial charge on any atom is 0.257 e. The van der Waals surface area contributed by atoms with Gasteiger partial charge in [0.15, 0.2) is 0 Å². The van der Waals surface area contributed by atoms with Crippen molar-refractivity contribution in [2.75, 3.05) is 5.32 Å². The Hall–Kier alpha value is -1.89. The Morgan fingerprint density at radius 2 is 2.05 bits per heavy atom. The SMILES string of the molecule is O=C(Nc1ccc(F)cc1I)c1cccc2cc[nH]c12. The molecule has 3 aromatic rings. The molecule has 0 aliphatic heterocycles. The molecule has 1 aromatic heterocycles. The Balaban J connectivity index is 1.95. The van der Waals surface area contributed by atoms with E-state index in [0.29, 0.717) is 14.8 Å². The van der Waals surface area contributed by atoms with Gasteiger partial charge in [-0.05, 0) is 52.9 Å². The number of carbonyl (C=O) groups excluding carboxylic acids is 1. The van der Waals surface area contributed by atoms with Crippen LogP contribution in [0.5, 0.6) is 0 Å². The van der Waals surface area contributed by atoms with E-state index < -0.39 is 0 Å². The summed E-state index contributed by atoms with van der Waals surface area (Å²) in [6.45, 7) is 0. The molecule has 0 saturated heterocycles. The van der Waals surface area contributed by atoms with E-state index in [4.69, 9.17) is 0 Å². The van der Waals surface area contributed by atoms with Gasteiger partial charge in [0.2, 0.25) is 0 Å². The largest absolute Gasteiger partial charge is 0.361 e.